The molecule has 7 nitrogen and oxygen atoms in total. The predicted molar refractivity (Wildman–Crippen MR) is 64.0 cm³/mol. The topological polar surface area (TPSA) is 87.1 Å². The van der Waals surface area contributed by atoms with E-state index in [2.05, 4.69) is 20.4 Å². The summed E-state index contributed by atoms with van der Waals surface area (Å²) in [6, 6.07) is 0. The fourth-order valence-corrected chi connectivity index (χ4v) is 2.08. The van der Waals surface area contributed by atoms with Gasteiger partial charge in [0.05, 0.1) is 0 Å². The van der Waals surface area contributed by atoms with Crippen LogP contribution in [0.3, 0.4) is 0 Å². The van der Waals surface area contributed by atoms with Crippen LogP contribution in [0.25, 0.3) is 0 Å². The highest BCUT2D eigenvalue weighted by Gasteiger charge is 2.15. The fourth-order valence-electron chi connectivity index (χ4n) is 2.08. The number of rotatable bonds is 5. The highest BCUT2D eigenvalue weighted by molar-refractivity contribution is 5.55. The molecule has 1 aromatic heterocycles. The van der Waals surface area contributed by atoms with E-state index in [-0.39, 0.29) is 5.82 Å². The molecule has 0 aliphatic carbocycles. The summed E-state index contributed by atoms with van der Waals surface area (Å²) < 4.78 is 0. The van der Waals surface area contributed by atoms with Crippen LogP contribution in [0.15, 0.2) is 6.20 Å². The van der Waals surface area contributed by atoms with Crippen LogP contribution >= 0.6 is 0 Å². The Kier molecular flexibility index (Phi) is 3.92. The lowest BCUT2D eigenvalue weighted by atomic mass is 10.1. The van der Waals surface area contributed by atoms with Crippen molar-refractivity contribution in [1.82, 2.24) is 15.1 Å². The summed E-state index contributed by atoms with van der Waals surface area (Å²) in [6.45, 7) is 3.90. The molecule has 2 rings (SSSR count). The molecule has 94 valence electrons. The Labute approximate surface area is 99.3 Å². The second kappa shape index (κ2) is 5.62. The SMILES string of the molecule is O=[N+]([O-])c1[nH]ncc1NCCN1CCCCC1. The quantitative estimate of drug-likeness (QED) is 0.595. The number of nitrogens with one attached hydrogen (secondary N) is 2. The third kappa shape index (κ3) is 3.16. The van der Waals surface area contributed by atoms with Crippen LogP contribution < -0.4 is 5.32 Å². The third-order valence-electron chi connectivity index (χ3n) is 2.99. The first-order valence-corrected chi connectivity index (χ1v) is 5.91. The van der Waals surface area contributed by atoms with Gasteiger partial charge >= 0.3 is 5.82 Å². The monoisotopic (exact) mass is 239 g/mol. The van der Waals surface area contributed by atoms with Gasteiger partial charge in [-0.15, -0.1) is 5.10 Å². The zero-order valence-electron chi connectivity index (χ0n) is 9.69. The molecule has 0 unspecified atom stereocenters. The Bertz CT molecular complexity index is 373. The number of likely N-dealkylation sites (tertiary alicyclic amines) is 1. The van der Waals surface area contributed by atoms with Crippen molar-refractivity contribution >= 4 is 11.5 Å². The molecule has 17 heavy (non-hydrogen) atoms. The molecule has 0 bridgehead atoms. The van der Waals surface area contributed by atoms with Crippen molar-refractivity contribution in [3.05, 3.63) is 16.3 Å². The van der Waals surface area contributed by atoms with Gasteiger partial charge in [-0.3, -0.25) is 0 Å². The van der Waals surface area contributed by atoms with Crippen LogP contribution in [0.1, 0.15) is 19.3 Å². The molecule has 1 fully saturated rings. The van der Waals surface area contributed by atoms with Crippen molar-refractivity contribution in [2.24, 2.45) is 0 Å². The number of hydrogen-bond acceptors (Lipinski definition) is 5. The summed E-state index contributed by atoms with van der Waals surface area (Å²) in [5, 5.41) is 19.7. The number of aromatic nitrogens is 2. The molecule has 1 aromatic rings. The van der Waals surface area contributed by atoms with Gasteiger partial charge in [0.1, 0.15) is 6.20 Å². The number of nitro groups is 1. The summed E-state index contributed by atoms with van der Waals surface area (Å²) >= 11 is 0. The maximum absolute atomic E-state index is 10.6. The maximum Gasteiger partial charge on any atom is 0.366 e. The first kappa shape index (κ1) is 11.8. The molecule has 1 aliphatic heterocycles. The first-order valence-electron chi connectivity index (χ1n) is 5.91. The Morgan fingerprint density at radius 3 is 2.94 bits per heavy atom. The second-order valence-corrected chi connectivity index (χ2v) is 4.22. The van der Waals surface area contributed by atoms with E-state index in [0.29, 0.717) is 12.2 Å². The fraction of sp³-hybridized carbons (Fsp3) is 0.700. The van der Waals surface area contributed by atoms with Gasteiger partial charge < -0.3 is 20.3 Å². The Balaban J connectivity index is 1.77. The van der Waals surface area contributed by atoms with E-state index in [1.54, 1.807) is 0 Å². The van der Waals surface area contributed by atoms with Crippen molar-refractivity contribution in [3.63, 3.8) is 0 Å². The van der Waals surface area contributed by atoms with E-state index in [9.17, 15) is 10.1 Å². The van der Waals surface area contributed by atoms with Crippen LogP contribution in [0.4, 0.5) is 11.5 Å². The molecule has 2 heterocycles. The number of anilines is 1. The van der Waals surface area contributed by atoms with Gasteiger partial charge in [0, 0.05) is 13.1 Å². The molecule has 1 aliphatic rings. The average molecular weight is 239 g/mol. The van der Waals surface area contributed by atoms with Gasteiger partial charge in [-0.05, 0) is 30.9 Å². The highest BCUT2D eigenvalue weighted by atomic mass is 16.6. The van der Waals surface area contributed by atoms with Gasteiger partial charge in [0.15, 0.2) is 5.69 Å². The molecule has 0 spiro atoms. The Morgan fingerprint density at radius 1 is 1.47 bits per heavy atom. The zero-order valence-corrected chi connectivity index (χ0v) is 9.69. The van der Waals surface area contributed by atoms with E-state index < -0.39 is 4.92 Å². The lowest BCUT2D eigenvalue weighted by Crippen LogP contribution is -2.33. The average Bonchev–Trinajstić information content (AvgIpc) is 2.79. The van der Waals surface area contributed by atoms with Crippen molar-refractivity contribution in [2.45, 2.75) is 19.3 Å². The first-order chi connectivity index (χ1) is 8.27. The number of hydrogen-bond donors (Lipinski definition) is 2. The van der Waals surface area contributed by atoms with Crippen molar-refractivity contribution in [3.8, 4) is 0 Å². The van der Waals surface area contributed by atoms with Gasteiger partial charge in [0.25, 0.3) is 0 Å². The maximum atomic E-state index is 10.6. The molecule has 0 aromatic carbocycles. The van der Waals surface area contributed by atoms with E-state index >= 15 is 0 Å². The summed E-state index contributed by atoms with van der Waals surface area (Å²) in [5.74, 6) is -0.0661. The van der Waals surface area contributed by atoms with Crippen molar-refractivity contribution in [2.75, 3.05) is 31.5 Å². The molecule has 7 heteroatoms. The summed E-state index contributed by atoms with van der Waals surface area (Å²) in [4.78, 5) is 12.5. The summed E-state index contributed by atoms with van der Waals surface area (Å²) in [5.41, 5.74) is 0.465. The number of aromatic amines is 1. The largest absolute Gasteiger partial charge is 0.376 e. The molecule has 0 radical (unpaired) electrons. The smallest absolute Gasteiger partial charge is 0.366 e. The normalized spacial score (nSPS) is 16.9. The molecule has 0 amide bonds. The van der Waals surface area contributed by atoms with Crippen molar-refractivity contribution in [1.29, 1.82) is 0 Å². The summed E-state index contributed by atoms with van der Waals surface area (Å²) in [7, 11) is 0. The predicted octanol–water partition coefficient (Wildman–Crippen LogP) is 1.22. The minimum absolute atomic E-state index is 0.0661. The van der Waals surface area contributed by atoms with Crippen LogP contribution in [0, 0.1) is 10.1 Å². The molecular formula is C10H17N5O2. The number of nitrogens with zero attached hydrogens (tertiary/aromatic N) is 3. The van der Waals surface area contributed by atoms with Gasteiger partial charge in [-0.1, -0.05) is 11.5 Å². The van der Waals surface area contributed by atoms with E-state index in [4.69, 9.17) is 0 Å². The van der Waals surface area contributed by atoms with Crippen LogP contribution in [-0.2, 0) is 0 Å². The van der Waals surface area contributed by atoms with Crippen LogP contribution in [-0.4, -0.2) is 46.2 Å². The second-order valence-electron chi connectivity index (χ2n) is 4.22. The Hall–Kier alpha value is -1.63. The van der Waals surface area contributed by atoms with E-state index in [1.165, 1.54) is 25.5 Å². The molecule has 2 N–H and O–H groups in total. The van der Waals surface area contributed by atoms with Gasteiger partial charge in [-0.25, -0.2) is 0 Å². The summed E-state index contributed by atoms with van der Waals surface area (Å²) in [6.07, 6.45) is 5.28. The number of piperidine rings is 1. The zero-order chi connectivity index (χ0) is 12.1. The molecule has 0 atom stereocenters. The van der Waals surface area contributed by atoms with Gasteiger partial charge in [0.2, 0.25) is 0 Å². The number of H-pyrrole nitrogens is 1. The van der Waals surface area contributed by atoms with Gasteiger partial charge in [-0.2, -0.15) is 0 Å². The molecular weight excluding hydrogens is 222 g/mol. The van der Waals surface area contributed by atoms with Crippen LogP contribution in [0.5, 0.6) is 0 Å². The minimum Gasteiger partial charge on any atom is -0.376 e. The lowest BCUT2D eigenvalue weighted by Gasteiger charge is -2.26. The minimum atomic E-state index is -0.462. The van der Waals surface area contributed by atoms with Crippen molar-refractivity contribution < 1.29 is 4.92 Å². The van der Waals surface area contributed by atoms with E-state index in [0.717, 1.165) is 19.6 Å². The lowest BCUT2D eigenvalue weighted by molar-refractivity contribution is -0.388. The Morgan fingerprint density at radius 2 is 2.24 bits per heavy atom. The molecule has 1 saturated heterocycles. The highest BCUT2D eigenvalue weighted by Crippen LogP contribution is 2.19. The molecule has 0 saturated carbocycles. The standard InChI is InChI=1S/C10H17N5O2/c16-15(17)10-9(8-12-13-10)11-4-7-14-5-2-1-3-6-14/h8,11H,1-7H2,(H,12,13). The van der Waals surface area contributed by atoms with Crippen LogP contribution in [0.2, 0.25) is 0 Å². The van der Waals surface area contributed by atoms with E-state index in [1.807, 2.05) is 0 Å². The third-order valence-corrected chi connectivity index (χ3v) is 2.99.